The topological polar surface area (TPSA) is 40.5 Å². The van der Waals surface area contributed by atoms with Gasteiger partial charge in [0.1, 0.15) is 0 Å². The maximum Gasteiger partial charge on any atom is 0.222 e. The Labute approximate surface area is 131 Å². The summed E-state index contributed by atoms with van der Waals surface area (Å²) in [7, 11) is 1.97. The van der Waals surface area contributed by atoms with E-state index in [-0.39, 0.29) is 12.0 Å². The number of nitrogens with zero attached hydrogens (tertiary/aromatic N) is 1. The summed E-state index contributed by atoms with van der Waals surface area (Å²) >= 11 is 1.77. The number of carbonyl (C=O) groups excluding carboxylic acids is 1. The van der Waals surface area contributed by atoms with E-state index < -0.39 is 0 Å². The highest BCUT2D eigenvalue weighted by atomic mass is 32.1. The van der Waals surface area contributed by atoms with Gasteiger partial charge in [0.15, 0.2) is 0 Å². The third-order valence-corrected chi connectivity index (χ3v) is 6.24. The fourth-order valence-corrected chi connectivity index (χ4v) is 4.87. The zero-order valence-corrected chi connectivity index (χ0v) is 13.5. The molecule has 1 N–H and O–H groups in total. The molecule has 2 saturated carbocycles. The summed E-state index contributed by atoms with van der Waals surface area (Å²) in [5.41, 5.74) is 0. The van der Waals surface area contributed by atoms with Gasteiger partial charge >= 0.3 is 0 Å². The zero-order chi connectivity index (χ0) is 14.8. The monoisotopic (exact) mass is 307 g/mol. The van der Waals surface area contributed by atoms with Gasteiger partial charge < -0.3 is 10.0 Å². The van der Waals surface area contributed by atoms with Gasteiger partial charge in [-0.15, -0.1) is 11.3 Å². The minimum Gasteiger partial charge on any atom is -0.393 e. The lowest BCUT2D eigenvalue weighted by atomic mass is 10.0. The summed E-state index contributed by atoms with van der Waals surface area (Å²) in [6, 6.07) is 4.61. The Kier molecular flexibility index (Phi) is 4.65. The van der Waals surface area contributed by atoms with E-state index in [2.05, 4.69) is 17.5 Å². The largest absolute Gasteiger partial charge is 0.393 e. The van der Waals surface area contributed by atoms with Crippen LogP contribution in [0.5, 0.6) is 0 Å². The van der Waals surface area contributed by atoms with E-state index in [1.807, 2.05) is 11.9 Å². The van der Waals surface area contributed by atoms with Gasteiger partial charge in [-0.2, -0.15) is 0 Å². The second-order valence-corrected chi connectivity index (χ2v) is 7.74. The smallest absolute Gasteiger partial charge is 0.222 e. The number of aliphatic hydroxyl groups is 1. The lowest BCUT2D eigenvalue weighted by Gasteiger charge is -2.25. The first-order chi connectivity index (χ1) is 10.1. The highest BCUT2D eigenvalue weighted by Crippen LogP contribution is 2.45. The quantitative estimate of drug-likeness (QED) is 0.908. The van der Waals surface area contributed by atoms with Crippen molar-refractivity contribution < 1.29 is 9.90 Å². The predicted molar refractivity (Wildman–Crippen MR) is 85.3 cm³/mol. The molecule has 0 radical (unpaired) electrons. The molecule has 2 aliphatic rings. The highest BCUT2D eigenvalue weighted by Gasteiger charge is 2.42. The number of hydrogen-bond donors (Lipinski definition) is 1. The van der Waals surface area contributed by atoms with E-state index in [1.54, 1.807) is 11.3 Å². The van der Waals surface area contributed by atoms with Crippen LogP contribution in [0.3, 0.4) is 0 Å². The Morgan fingerprint density at radius 3 is 2.67 bits per heavy atom. The van der Waals surface area contributed by atoms with Gasteiger partial charge in [-0.3, -0.25) is 4.79 Å². The van der Waals surface area contributed by atoms with Crippen LogP contribution in [0, 0.1) is 11.8 Å². The molecule has 1 aromatic rings. The van der Waals surface area contributed by atoms with Crippen molar-refractivity contribution in [3.8, 4) is 0 Å². The van der Waals surface area contributed by atoms with Crippen LogP contribution in [0.15, 0.2) is 17.5 Å². The second kappa shape index (κ2) is 6.49. The summed E-state index contributed by atoms with van der Waals surface area (Å²) in [6.45, 7) is 0. The van der Waals surface area contributed by atoms with Crippen LogP contribution in [0.25, 0.3) is 0 Å². The molecule has 3 rings (SSSR count). The normalized spacial score (nSPS) is 31.3. The number of thiophene rings is 1. The molecule has 1 amide bonds. The number of hydrogen-bond acceptors (Lipinski definition) is 3. The lowest BCUT2D eigenvalue weighted by Crippen LogP contribution is -2.35. The van der Waals surface area contributed by atoms with Crippen molar-refractivity contribution >= 4 is 17.2 Å². The first kappa shape index (κ1) is 15.0. The molecule has 2 unspecified atom stereocenters. The number of carbonyl (C=O) groups is 1. The number of fused-ring (bicyclic) bond motifs is 1. The standard InChI is InChI=1S/C17H25NO2S/c1-18(14-8-12-10-15(19)11-13(12)9-14)17(20)6-2-4-16-5-3-7-21-16/h3,5,7,12-15,19H,2,4,6,8-11H2,1H3/t12-,13+,14?,15?. The van der Waals surface area contributed by atoms with Crippen LogP contribution < -0.4 is 0 Å². The molecule has 4 atom stereocenters. The minimum atomic E-state index is -0.0900. The fourth-order valence-electron chi connectivity index (χ4n) is 4.12. The molecule has 0 aliphatic heterocycles. The van der Waals surface area contributed by atoms with Crippen LogP contribution in [0.2, 0.25) is 0 Å². The predicted octanol–water partition coefficient (Wildman–Crippen LogP) is 3.08. The van der Waals surface area contributed by atoms with Crippen molar-refractivity contribution in [2.75, 3.05) is 7.05 Å². The molecular weight excluding hydrogens is 282 g/mol. The summed E-state index contributed by atoms with van der Waals surface area (Å²) in [6.07, 6.45) is 6.60. The molecule has 3 nitrogen and oxygen atoms in total. The number of amides is 1. The number of aryl methyl sites for hydroxylation is 1. The molecule has 0 spiro atoms. The lowest BCUT2D eigenvalue weighted by molar-refractivity contribution is -0.132. The van der Waals surface area contributed by atoms with Crippen molar-refractivity contribution in [2.45, 2.75) is 57.1 Å². The average Bonchev–Trinajstić information content (AvgIpc) is 3.13. The third kappa shape index (κ3) is 3.49. The van der Waals surface area contributed by atoms with E-state index in [0.29, 0.717) is 24.3 Å². The Morgan fingerprint density at radius 2 is 2.05 bits per heavy atom. The van der Waals surface area contributed by atoms with Crippen LogP contribution >= 0.6 is 11.3 Å². The van der Waals surface area contributed by atoms with Crippen LogP contribution in [0.4, 0.5) is 0 Å². The Bertz CT molecular complexity index is 459. The molecule has 1 aromatic heterocycles. The number of rotatable bonds is 5. The molecule has 2 fully saturated rings. The first-order valence-electron chi connectivity index (χ1n) is 8.09. The molecular formula is C17H25NO2S. The Balaban J connectivity index is 1.43. The Hall–Kier alpha value is -0.870. The summed E-state index contributed by atoms with van der Waals surface area (Å²) in [5, 5.41) is 11.8. The van der Waals surface area contributed by atoms with Crippen LogP contribution in [-0.2, 0) is 11.2 Å². The molecule has 0 saturated heterocycles. The van der Waals surface area contributed by atoms with Crippen molar-refractivity contribution in [3.63, 3.8) is 0 Å². The average molecular weight is 307 g/mol. The molecule has 0 aromatic carbocycles. The van der Waals surface area contributed by atoms with E-state index in [1.165, 1.54) is 4.88 Å². The second-order valence-electron chi connectivity index (χ2n) is 6.71. The minimum absolute atomic E-state index is 0.0900. The van der Waals surface area contributed by atoms with Gasteiger partial charge in [-0.1, -0.05) is 6.07 Å². The maximum absolute atomic E-state index is 12.3. The summed E-state index contributed by atoms with van der Waals surface area (Å²) in [5.74, 6) is 1.58. The van der Waals surface area contributed by atoms with E-state index >= 15 is 0 Å². The SMILES string of the molecule is CN(C(=O)CCCc1cccs1)C1C[C@H]2CC(O)C[C@H]2C1. The first-order valence-corrected chi connectivity index (χ1v) is 8.97. The van der Waals surface area contributed by atoms with Crippen molar-refractivity contribution in [3.05, 3.63) is 22.4 Å². The van der Waals surface area contributed by atoms with Crippen molar-refractivity contribution in [1.29, 1.82) is 0 Å². The van der Waals surface area contributed by atoms with Gasteiger partial charge in [0, 0.05) is 24.4 Å². The van der Waals surface area contributed by atoms with Gasteiger partial charge in [0.25, 0.3) is 0 Å². The van der Waals surface area contributed by atoms with E-state index in [0.717, 1.165) is 38.5 Å². The highest BCUT2D eigenvalue weighted by molar-refractivity contribution is 7.09. The summed E-state index contributed by atoms with van der Waals surface area (Å²) < 4.78 is 0. The van der Waals surface area contributed by atoms with Gasteiger partial charge in [0.2, 0.25) is 5.91 Å². The molecule has 116 valence electrons. The van der Waals surface area contributed by atoms with Gasteiger partial charge in [-0.25, -0.2) is 0 Å². The molecule has 0 bridgehead atoms. The molecule has 4 heteroatoms. The zero-order valence-electron chi connectivity index (χ0n) is 12.7. The van der Waals surface area contributed by atoms with Crippen LogP contribution in [0.1, 0.15) is 43.4 Å². The van der Waals surface area contributed by atoms with Gasteiger partial charge in [0.05, 0.1) is 6.10 Å². The van der Waals surface area contributed by atoms with Gasteiger partial charge in [-0.05, 0) is 61.8 Å². The third-order valence-electron chi connectivity index (χ3n) is 5.30. The fraction of sp³-hybridized carbons (Fsp3) is 0.706. The molecule has 2 aliphatic carbocycles. The van der Waals surface area contributed by atoms with Crippen molar-refractivity contribution in [1.82, 2.24) is 4.90 Å². The maximum atomic E-state index is 12.3. The van der Waals surface area contributed by atoms with E-state index in [9.17, 15) is 9.90 Å². The molecule has 21 heavy (non-hydrogen) atoms. The van der Waals surface area contributed by atoms with Crippen LogP contribution in [-0.4, -0.2) is 35.1 Å². The summed E-state index contributed by atoms with van der Waals surface area (Å²) in [4.78, 5) is 15.7. The number of aliphatic hydroxyl groups excluding tert-OH is 1. The Morgan fingerprint density at radius 1 is 1.33 bits per heavy atom. The molecule has 1 heterocycles. The van der Waals surface area contributed by atoms with Crippen molar-refractivity contribution in [2.24, 2.45) is 11.8 Å². The van der Waals surface area contributed by atoms with E-state index in [4.69, 9.17) is 0 Å².